The van der Waals surface area contributed by atoms with Gasteiger partial charge in [0, 0.05) is 21.9 Å². The molecule has 1 saturated heterocycles. The lowest BCUT2D eigenvalue weighted by Crippen LogP contribution is -2.41. The van der Waals surface area contributed by atoms with Crippen molar-refractivity contribution in [2.45, 2.75) is 55.3 Å². The molecule has 3 rings (SSSR count). The van der Waals surface area contributed by atoms with Crippen LogP contribution in [0.4, 0.5) is 0 Å². The third-order valence-corrected chi connectivity index (χ3v) is 6.96. The Kier molecular flexibility index (Phi) is 6.88. The molecule has 1 fully saturated rings. The monoisotopic (exact) mass is 436 g/mol. The van der Waals surface area contributed by atoms with Crippen LogP contribution in [-0.2, 0) is 36.2 Å². The second kappa shape index (κ2) is 8.88. The van der Waals surface area contributed by atoms with E-state index < -0.39 is 29.1 Å². The van der Waals surface area contributed by atoms with Gasteiger partial charge in [0.25, 0.3) is 0 Å². The normalized spacial score (nSPS) is 18.8. The van der Waals surface area contributed by atoms with Crippen LogP contribution in [0.25, 0.3) is 0 Å². The van der Waals surface area contributed by atoms with E-state index in [9.17, 15) is 4.21 Å². The Bertz CT molecular complexity index is 869. The molecule has 156 valence electrons. The largest absolute Gasteiger partial charge is 0.495 e. The molecule has 0 N–H and O–H groups in total. The Morgan fingerprint density at radius 3 is 2.17 bits per heavy atom. The van der Waals surface area contributed by atoms with Crippen molar-refractivity contribution in [3.05, 3.63) is 53.1 Å². The minimum absolute atomic E-state index is 0.182. The molecule has 0 saturated carbocycles. The van der Waals surface area contributed by atoms with E-state index in [0.717, 1.165) is 11.0 Å². The second-order valence-corrected chi connectivity index (χ2v) is 9.84. The van der Waals surface area contributed by atoms with E-state index in [0.29, 0.717) is 21.4 Å². The Hall–Kier alpha value is -1.22. The lowest BCUT2D eigenvalue weighted by atomic mass is 9.76. The van der Waals surface area contributed by atoms with Gasteiger partial charge in [-0.15, -0.1) is 0 Å². The first kappa shape index (κ1) is 22.5. The summed E-state index contributed by atoms with van der Waals surface area (Å²) in [5.41, 5.74) is 0.749. The molecule has 5 nitrogen and oxygen atoms in total. The van der Waals surface area contributed by atoms with Gasteiger partial charge in [0.1, 0.15) is 6.79 Å². The zero-order valence-electron chi connectivity index (χ0n) is 17.4. The van der Waals surface area contributed by atoms with E-state index in [-0.39, 0.29) is 6.79 Å². The first-order chi connectivity index (χ1) is 13.6. The van der Waals surface area contributed by atoms with Gasteiger partial charge in [0.15, 0.2) is 0 Å². The third kappa shape index (κ3) is 4.93. The molecule has 1 heterocycles. The molecule has 0 aromatic heterocycles. The van der Waals surface area contributed by atoms with Crippen LogP contribution in [0.5, 0.6) is 0 Å². The molecule has 2 aromatic rings. The minimum Gasteiger partial charge on any atom is -0.399 e. The molecule has 0 radical (unpaired) electrons. The number of halogens is 1. The van der Waals surface area contributed by atoms with Crippen molar-refractivity contribution in [2.24, 2.45) is 0 Å². The van der Waals surface area contributed by atoms with Crippen LogP contribution in [0.2, 0.25) is 5.02 Å². The highest BCUT2D eigenvalue weighted by Gasteiger charge is 2.52. The first-order valence-corrected chi connectivity index (χ1v) is 10.9. The number of ether oxygens (including phenoxy) is 2. The molecule has 0 aliphatic carbocycles. The highest BCUT2D eigenvalue weighted by atomic mass is 35.5. The van der Waals surface area contributed by atoms with Gasteiger partial charge in [-0.2, -0.15) is 0 Å². The molecule has 1 aliphatic rings. The summed E-state index contributed by atoms with van der Waals surface area (Å²) in [6.07, 6.45) is 0. The average molecular weight is 437 g/mol. The quantitative estimate of drug-likeness (QED) is 0.374. The number of benzene rings is 2. The summed E-state index contributed by atoms with van der Waals surface area (Å²) in [4.78, 5) is 1.34. The molecule has 0 bridgehead atoms. The zero-order chi connectivity index (χ0) is 21.2. The molecule has 1 unspecified atom stereocenters. The molecular weight excluding hydrogens is 411 g/mol. The van der Waals surface area contributed by atoms with Gasteiger partial charge >= 0.3 is 7.12 Å². The molecular formula is C21H26BClO5S. The van der Waals surface area contributed by atoms with Gasteiger partial charge in [0.2, 0.25) is 0 Å². The zero-order valence-corrected chi connectivity index (χ0v) is 18.9. The number of rotatable bonds is 7. The summed E-state index contributed by atoms with van der Waals surface area (Å²) < 4.78 is 36.1. The predicted molar refractivity (Wildman–Crippen MR) is 115 cm³/mol. The molecule has 2 aromatic carbocycles. The van der Waals surface area contributed by atoms with Gasteiger partial charge in [-0.25, -0.2) is 4.21 Å². The van der Waals surface area contributed by atoms with E-state index >= 15 is 0 Å². The number of methoxy groups -OCH3 is 1. The standard InChI is InChI=1S/C21H26BClO5S/c1-20(2)21(3,4)28-22(27-20)19-12-18(9-6-15(19)13-26-14-25-5)29(24)17-10-7-16(23)8-11-17/h6-12H,13-14H2,1-5H3. The SMILES string of the molecule is COCOCc1ccc(S(=O)c2ccc(Cl)cc2)cc1B1OC(C)(C)C(C)(C)O1. The van der Waals surface area contributed by atoms with Gasteiger partial charge in [0.05, 0.1) is 28.6 Å². The van der Waals surface area contributed by atoms with Gasteiger partial charge in [-0.05, 0) is 75.1 Å². The fraction of sp³-hybridized carbons (Fsp3) is 0.429. The summed E-state index contributed by atoms with van der Waals surface area (Å²) in [6.45, 7) is 8.53. The van der Waals surface area contributed by atoms with Crippen molar-refractivity contribution in [1.29, 1.82) is 0 Å². The summed E-state index contributed by atoms with van der Waals surface area (Å²) in [6, 6.07) is 12.6. The van der Waals surface area contributed by atoms with Crippen molar-refractivity contribution >= 4 is 35.0 Å². The van der Waals surface area contributed by atoms with Crippen molar-refractivity contribution in [3.8, 4) is 0 Å². The van der Waals surface area contributed by atoms with E-state index in [4.69, 9.17) is 30.4 Å². The van der Waals surface area contributed by atoms with Crippen LogP contribution in [-0.4, -0.2) is 36.4 Å². The Balaban J connectivity index is 1.96. The smallest absolute Gasteiger partial charge is 0.399 e. The van der Waals surface area contributed by atoms with Crippen molar-refractivity contribution in [2.75, 3.05) is 13.9 Å². The summed E-state index contributed by atoms with van der Waals surface area (Å²) in [5.74, 6) is 0. The molecule has 8 heteroatoms. The van der Waals surface area contributed by atoms with Crippen LogP contribution in [0.3, 0.4) is 0 Å². The summed E-state index contributed by atoms with van der Waals surface area (Å²) >= 11 is 5.95. The lowest BCUT2D eigenvalue weighted by Gasteiger charge is -2.32. The maximum Gasteiger partial charge on any atom is 0.495 e. The Morgan fingerprint density at radius 1 is 1.00 bits per heavy atom. The van der Waals surface area contributed by atoms with E-state index in [1.54, 1.807) is 31.4 Å². The second-order valence-electron chi connectivity index (χ2n) is 7.93. The minimum atomic E-state index is -1.35. The fourth-order valence-electron chi connectivity index (χ4n) is 2.94. The van der Waals surface area contributed by atoms with Crippen LogP contribution >= 0.6 is 11.6 Å². The van der Waals surface area contributed by atoms with Gasteiger partial charge in [-0.1, -0.05) is 17.7 Å². The maximum absolute atomic E-state index is 13.1. The van der Waals surface area contributed by atoms with Crippen LogP contribution < -0.4 is 5.46 Å². The first-order valence-electron chi connectivity index (χ1n) is 9.37. The van der Waals surface area contributed by atoms with Crippen molar-refractivity contribution < 1.29 is 23.0 Å². The van der Waals surface area contributed by atoms with Crippen molar-refractivity contribution in [3.63, 3.8) is 0 Å². The molecule has 1 atom stereocenters. The molecule has 29 heavy (non-hydrogen) atoms. The van der Waals surface area contributed by atoms with Crippen molar-refractivity contribution in [1.82, 2.24) is 0 Å². The molecule has 0 amide bonds. The van der Waals surface area contributed by atoms with Crippen LogP contribution in [0.1, 0.15) is 33.3 Å². The third-order valence-electron chi connectivity index (χ3n) is 5.33. The number of hydrogen-bond donors (Lipinski definition) is 0. The van der Waals surface area contributed by atoms with E-state index in [1.165, 1.54) is 0 Å². The highest BCUT2D eigenvalue weighted by Crippen LogP contribution is 2.37. The summed E-state index contributed by atoms with van der Waals surface area (Å²) in [7, 11) is -0.358. The summed E-state index contributed by atoms with van der Waals surface area (Å²) in [5, 5.41) is 0.606. The predicted octanol–water partition coefficient (Wildman–Crippen LogP) is 3.93. The Labute approximate surface area is 180 Å². The highest BCUT2D eigenvalue weighted by molar-refractivity contribution is 7.85. The number of hydrogen-bond acceptors (Lipinski definition) is 5. The van der Waals surface area contributed by atoms with E-state index in [2.05, 4.69) is 0 Å². The van der Waals surface area contributed by atoms with Gasteiger partial charge in [-0.3, -0.25) is 0 Å². The maximum atomic E-state index is 13.1. The topological polar surface area (TPSA) is 54.0 Å². The lowest BCUT2D eigenvalue weighted by molar-refractivity contribution is -0.0388. The van der Waals surface area contributed by atoms with Crippen LogP contribution in [0, 0.1) is 0 Å². The van der Waals surface area contributed by atoms with E-state index in [1.807, 2.05) is 45.9 Å². The fourth-order valence-corrected chi connectivity index (χ4v) is 4.15. The van der Waals surface area contributed by atoms with Crippen LogP contribution in [0.15, 0.2) is 52.3 Å². The Morgan fingerprint density at radius 2 is 1.59 bits per heavy atom. The average Bonchev–Trinajstić information content (AvgIpc) is 2.89. The van der Waals surface area contributed by atoms with Gasteiger partial charge < -0.3 is 18.8 Å². The molecule has 1 aliphatic heterocycles. The molecule has 0 spiro atoms.